The quantitative estimate of drug-likeness (QED) is 0.281. The minimum atomic E-state index is -0.132. The summed E-state index contributed by atoms with van der Waals surface area (Å²) in [5.74, 6) is -0.198. The molecule has 0 aliphatic carbocycles. The topological polar surface area (TPSA) is 46.2 Å². The number of unbranched alkanes of at least 4 members (excludes halogenated alkanes) is 13. The fraction of sp³-hybridized carbons (Fsp3) is 0.900. The highest BCUT2D eigenvalue weighted by molar-refractivity contribution is 5.96. The van der Waals surface area contributed by atoms with E-state index in [1.807, 2.05) is 0 Å². The van der Waals surface area contributed by atoms with Gasteiger partial charge in [-0.05, 0) is 13.3 Å². The average Bonchev–Trinajstić information content (AvgIpc) is 2.50. The van der Waals surface area contributed by atoms with Gasteiger partial charge in [-0.15, -0.1) is 0 Å². The number of carbonyl (C=O) groups excluding carboxylic acids is 2. The van der Waals surface area contributed by atoms with Crippen LogP contribution >= 0.6 is 0 Å². The van der Waals surface area contributed by atoms with Crippen molar-refractivity contribution in [3.8, 4) is 0 Å². The summed E-state index contributed by atoms with van der Waals surface area (Å²) in [6.07, 6.45) is 18.8. The molecule has 0 aromatic heterocycles. The summed E-state index contributed by atoms with van der Waals surface area (Å²) in [4.78, 5) is 22.0. The lowest BCUT2D eigenvalue weighted by molar-refractivity contribution is -0.127. The Bertz CT molecular complexity index is 289. The zero-order chi connectivity index (χ0) is 17.2. The van der Waals surface area contributed by atoms with Crippen molar-refractivity contribution >= 4 is 11.7 Å². The van der Waals surface area contributed by atoms with Crippen LogP contribution in [-0.4, -0.2) is 18.2 Å². The highest BCUT2D eigenvalue weighted by Gasteiger charge is 2.03. The van der Waals surface area contributed by atoms with E-state index in [1.54, 1.807) is 0 Å². The normalized spacial score (nSPS) is 10.7. The molecule has 3 heteroatoms. The Morgan fingerprint density at radius 1 is 0.652 bits per heavy atom. The summed E-state index contributed by atoms with van der Waals surface area (Å²) in [5, 5.41) is 2.80. The van der Waals surface area contributed by atoms with Crippen LogP contribution in [0.25, 0.3) is 0 Å². The van der Waals surface area contributed by atoms with Gasteiger partial charge in [-0.1, -0.05) is 90.4 Å². The molecule has 0 fully saturated rings. The maximum absolute atomic E-state index is 11.3. The third-order valence-corrected chi connectivity index (χ3v) is 4.26. The Kier molecular flexibility index (Phi) is 16.8. The van der Waals surface area contributed by atoms with E-state index in [0.29, 0.717) is 6.54 Å². The van der Waals surface area contributed by atoms with Crippen molar-refractivity contribution in [2.45, 2.75) is 110 Å². The van der Waals surface area contributed by atoms with Crippen LogP contribution in [0.2, 0.25) is 0 Å². The zero-order valence-electron chi connectivity index (χ0n) is 15.6. The summed E-state index contributed by atoms with van der Waals surface area (Å²) >= 11 is 0. The monoisotopic (exact) mass is 325 g/mol. The lowest BCUT2D eigenvalue weighted by atomic mass is 10.0. The van der Waals surface area contributed by atoms with E-state index in [2.05, 4.69) is 12.2 Å². The molecule has 1 amide bonds. The van der Waals surface area contributed by atoms with Gasteiger partial charge < -0.3 is 5.32 Å². The van der Waals surface area contributed by atoms with Crippen LogP contribution in [0.4, 0.5) is 0 Å². The first-order valence-electron chi connectivity index (χ1n) is 9.93. The first-order valence-corrected chi connectivity index (χ1v) is 9.93. The van der Waals surface area contributed by atoms with Gasteiger partial charge in [0.15, 0.2) is 0 Å². The number of Topliss-reactive ketones (excluding diaryl/α,β-unsaturated/α-hetero) is 1. The standard InChI is InChI=1S/C20H39NO2/c1-3-4-5-6-7-8-9-10-11-12-13-14-15-16-17-21-20(23)18-19(2)22/h3-18H2,1-2H3,(H,21,23). The van der Waals surface area contributed by atoms with Crippen LogP contribution in [-0.2, 0) is 9.59 Å². The second-order valence-electron chi connectivity index (χ2n) is 6.82. The van der Waals surface area contributed by atoms with Gasteiger partial charge in [0.25, 0.3) is 0 Å². The van der Waals surface area contributed by atoms with Gasteiger partial charge in [0.2, 0.25) is 5.91 Å². The fourth-order valence-corrected chi connectivity index (χ4v) is 2.84. The molecule has 0 radical (unpaired) electrons. The smallest absolute Gasteiger partial charge is 0.227 e. The van der Waals surface area contributed by atoms with Crippen LogP contribution in [0, 0.1) is 0 Å². The van der Waals surface area contributed by atoms with Crippen molar-refractivity contribution in [1.82, 2.24) is 5.32 Å². The minimum Gasteiger partial charge on any atom is -0.356 e. The van der Waals surface area contributed by atoms with Crippen molar-refractivity contribution < 1.29 is 9.59 Å². The Hall–Kier alpha value is -0.860. The lowest BCUT2D eigenvalue weighted by Gasteiger charge is -2.04. The van der Waals surface area contributed by atoms with E-state index < -0.39 is 0 Å². The molecule has 1 N–H and O–H groups in total. The van der Waals surface area contributed by atoms with Crippen LogP contribution in [0.3, 0.4) is 0 Å². The molecule has 0 atom stereocenters. The second kappa shape index (κ2) is 17.5. The van der Waals surface area contributed by atoms with E-state index in [4.69, 9.17) is 0 Å². The molecule has 0 spiro atoms. The molecule has 23 heavy (non-hydrogen) atoms. The highest BCUT2D eigenvalue weighted by atomic mass is 16.2. The molecule has 0 saturated heterocycles. The maximum Gasteiger partial charge on any atom is 0.227 e. The summed E-state index contributed by atoms with van der Waals surface area (Å²) in [7, 11) is 0. The SMILES string of the molecule is CCCCCCCCCCCCCCCCNC(=O)CC(C)=O. The first kappa shape index (κ1) is 22.1. The van der Waals surface area contributed by atoms with Gasteiger partial charge >= 0.3 is 0 Å². The molecule has 136 valence electrons. The lowest BCUT2D eigenvalue weighted by Crippen LogP contribution is -2.25. The number of hydrogen-bond donors (Lipinski definition) is 1. The number of ketones is 1. The molecule has 0 bridgehead atoms. The predicted molar refractivity (Wildman–Crippen MR) is 98.6 cm³/mol. The second-order valence-corrected chi connectivity index (χ2v) is 6.82. The molecule has 0 aromatic carbocycles. The summed E-state index contributed by atoms with van der Waals surface area (Å²) in [6.45, 7) is 4.43. The Labute approximate surface area is 144 Å². The average molecular weight is 326 g/mol. The van der Waals surface area contributed by atoms with Crippen molar-refractivity contribution in [3.05, 3.63) is 0 Å². The number of carbonyl (C=O) groups is 2. The number of amides is 1. The molecule has 0 heterocycles. The van der Waals surface area contributed by atoms with Crippen LogP contribution in [0.1, 0.15) is 110 Å². The van der Waals surface area contributed by atoms with Gasteiger partial charge in [0, 0.05) is 6.54 Å². The van der Waals surface area contributed by atoms with Gasteiger partial charge in [-0.2, -0.15) is 0 Å². The third-order valence-electron chi connectivity index (χ3n) is 4.26. The Balaban J connectivity index is 3.08. The zero-order valence-corrected chi connectivity index (χ0v) is 15.6. The summed E-state index contributed by atoms with van der Waals surface area (Å²) < 4.78 is 0. The van der Waals surface area contributed by atoms with E-state index in [1.165, 1.54) is 90.4 Å². The highest BCUT2D eigenvalue weighted by Crippen LogP contribution is 2.12. The summed E-state index contributed by atoms with van der Waals surface area (Å²) in [6, 6.07) is 0. The Morgan fingerprint density at radius 2 is 1.04 bits per heavy atom. The van der Waals surface area contributed by atoms with Gasteiger partial charge in [0.1, 0.15) is 5.78 Å². The molecule has 0 rings (SSSR count). The minimum absolute atomic E-state index is 0.0264. The maximum atomic E-state index is 11.3. The van der Waals surface area contributed by atoms with Crippen molar-refractivity contribution in [2.75, 3.05) is 6.54 Å². The number of rotatable bonds is 17. The van der Waals surface area contributed by atoms with Gasteiger partial charge in [-0.3, -0.25) is 9.59 Å². The molecule has 0 unspecified atom stereocenters. The van der Waals surface area contributed by atoms with E-state index in [-0.39, 0.29) is 18.1 Å². The molecular weight excluding hydrogens is 286 g/mol. The largest absolute Gasteiger partial charge is 0.356 e. The Morgan fingerprint density at radius 3 is 1.43 bits per heavy atom. The van der Waals surface area contributed by atoms with Gasteiger partial charge in [-0.25, -0.2) is 0 Å². The molecule has 0 aliphatic heterocycles. The first-order chi connectivity index (χ1) is 11.2. The molecular formula is C20H39NO2. The third kappa shape index (κ3) is 19.1. The van der Waals surface area contributed by atoms with Gasteiger partial charge in [0.05, 0.1) is 6.42 Å². The number of nitrogens with one attached hydrogen (secondary N) is 1. The summed E-state index contributed by atoms with van der Waals surface area (Å²) in [5.41, 5.74) is 0. The molecule has 0 aromatic rings. The van der Waals surface area contributed by atoms with Crippen LogP contribution in [0.15, 0.2) is 0 Å². The fourth-order valence-electron chi connectivity index (χ4n) is 2.84. The van der Waals surface area contributed by atoms with E-state index in [9.17, 15) is 9.59 Å². The molecule has 3 nitrogen and oxygen atoms in total. The predicted octanol–water partition coefficient (Wildman–Crippen LogP) is 5.56. The van der Waals surface area contributed by atoms with Crippen molar-refractivity contribution in [1.29, 1.82) is 0 Å². The van der Waals surface area contributed by atoms with Crippen LogP contribution < -0.4 is 5.32 Å². The molecule has 0 saturated carbocycles. The van der Waals surface area contributed by atoms with Crippen molar-refractivity contribution in [3.63, 3.8) is 0 Å². The van der Waals surface area contributed by atoms with E-state index >= 15 is 0 Å². The molecule has 0 aliphatic rings. The number of hydrogen-bond acceptors (Lipinski definition) is 2. The van der Waals surface area contributed by atoms with Crippen LogP contribution in [0.5, 0.6) is 0 Å². The van der Waals surface area contributed by atoms with E-state index in [0.717, 1.165) is 6.42 Å². The van der Waals surface area contributed by atoms with Crippen molar-refractivity contribution in [2.24, 2.45) is 0 Å².